The van der Waals surface area contributed by atoms with Gasteiger partial charge >= 0.3 is 0 Å². The van der Waals surface area contributed by atoms with Gasteiger partial charge in [0.2, 0.25) is 0 Å². The summed E-state index contributed by atoms with van der Waals surface area (Å²) in [6, 6.07) is -0.649. The third kappa shape index (κ3) is 2.73. The number of hydrogen-bond acceptors (Lipinski definition) is 3. The van der Waals surface area contributed by atoms with E-state index < -0.39 is 16.9 Å². The van der Waals surface area contributed by atoms with Crippen LogP contribution in [0.5, 0.6) is 0 Å². The summed E-state index contributed by atoms with van der Waals surface area (Å²) in [5, 5.41) is 11.7. The fraction of sp³-hybridized carbons (Fsp3) is 0.519. The van der Waals surface area contributed by atoms with Crippen LogP contribution in [0.15, 0.2) is 47.0 Å². The summed E-state index contributed by atoms with van der Waals surface area (Å²) in [6.45, 7) is 3.83. The largest absolute Gasteiger partial charge is 0.399 e. The van der Waals surface area contributed by atoms with Crippen molar-refractivity contribution in [2.75, 3.05) is 5.73 Å². The molecule has 4 aliphatic rings. The highest BCUT2D eigenvalue weighted by Crippen LogP contribution is 2.66. The quantitative estimate of drug-likeness (QED) is 0.515. The Hall–Kier alpha value is -2.31. The summed E-state index contributed by atoms with van der Waals surface area (Å²) < 4.78 is 34.2. The van der Waals surface area contributed by atoms with Crippen molar-refractivity contribution in [3.8, 4) is 11.8 Å². The molecule has 0 spiro atoms. The van der Waals surface area contributed by atoms with E-state index in [1.807, 2.05) is 0 Å². The fourth-order valence-electron chi connectivity index (χ4n) is 6.84. The van der Waals surface area contributed by atoms with E-state index >= 15 is 0 Å². The lowest BCUT2D eigenvalue weighted by Crippen LogP contribution is -2.51. The molecule has 5 rings (SSSR count). The molecular weight excluding hydrogens is 370 g/mol. The number of carbonyl (C=O) groups is 1. The minimum atomic E-state index is -1.16. The molecule has 0 amide bonds. The van der Waals surface area contributed by atoms with Crippen molar-refractivity contribution in [2.24, 2.45) is 17.3 Å². The summed E-state index contributed by atoms with van der Waals surface area (Å²) in [7, 11) is 0. The lowest BCUT2D eigenvalue weighted by atomic mass is 9.51. The first-order chi connectivity index (χ1) is 16.0. The maximum Gasteiger partial charge on any atom is 0.156 e. The molecule has 5 atom stereocenters. The molecule has 156 valence electrons. The zero-order valence-electron chi connectivity index (χ0n) is 21.7. The molecular formula is C27H31NO2. The molecule has 0 heterocycles. The molecule has 0 bridgehead atoms. The lowest BCUT2D eigenvalue weighted by molar-refractivity contribution is -0.114. The normalized spacial score (nSPS) is 39.4. The van der Waals surface area contributed by atoms with Gasteiger partial charge < -0.3 is 10.8 Å². The van der Waals surface area contributed by atoms with Gasteiger partial charge in [0.15, 0.2) is 5.78 Å². The van der Waals surface area contributed by atoms with Crippen LogP contribution in [0.25, 0.3) is 0 Å². The van der Waals surface area contributed by atoms with Crippen LogP contribution in [0, 0.1) is 29.1 Å². The Balaban J connectivity index is 1.80. The molecule has 3 nitrogen and oxygen atoms in total. The minimum Gasteiger partial charge on any atom is -0.399 e. The number of benzene rings is 1. The number of carbonyl (C=O) groups excluding carboxylic acids is 1. The molecule has 1 aromatic carbocycles. The number of rotatable bonds is 1. The highest BCUT2D eigenvalue weighted by molar-refractivity contribution is 5.93. The third-order valence-electron chi connectivity index (χ3n) is 8.23. The first-order valence-electron chi connectivity index (χ1n) is 13.0. The number of allylic oxidation sites excluding steroid dienone is 4. The smallest absolute Gasteiger partial charge is 0.156 e. The topological polar surface area (TPSA) is 63.3 Å². The predicted octanol–water partition coefficient (Wildman–Crippen LogP) is 4.92. The number of nitrogen functional groups attached to an aromatic ring is 1. The molecule has 1 aromatic rings. The van der Waals surface area contributed by atoms with Gasteiger partial charge in [-0.1, -0.05) is 30.5 Å². The van der Waals surface area contributed by atoms with E-state index in [4.69, 9.17) is 11.2 Å². The molecule has 2 fully saturated rings. The van der Waals surface area contributed by atoms with Gasteiger partial charge in [0.05, 0.1) is 5.48 Å². The van der Waals surface area contributed by atoms with Crippen LogP contribution < -0.4 is 5.73 Å². The van der Waals surface area contributed by atoms with Crippen molar-refractivity contribution in [1.29, 1.82) is 0 Å². The first-order valence-corrected chi connectivity index (χ1v) is 11.0. The van der Waals surface area contributed by atoms with Crippen LogP contribution in [0.2, 0.25) is 0 Å². The number of nitrogens with two attached hydrogens (primary N) is 1. The van der Waals surface area contributed by atoms with E-state index in [1.54, 1.807) is 13.0 Å². The molecule has 3 heteroatoms. The Labute approximate surface area is 185 Å². The van der Waals surface area contributed by atoms with Crippen LogP contribution in [-0.4, -0.2) is 16.5 Å². The molecule has 0 radical (unpaired) electrons. The zero-order valence-corrected chi connectivity index (χ0v) is 17.7. The lowest BCUT2D eigenvalue weighted by Gasteiger charge is -2.53. The van der Waals surface area contributed by atoms with E-state index in [1.165, 1.54) is 0 Å². The standard InChI is InChI=1S/C27H31NO2/c1-3-13-27(30)14-12-24-22-10-6-18-15-20(29)9-11-21(18)25(22)23(16-26(24,27)2)17-4-7-19(28)8-5-17/h4-5,7-8,15,22-24,30H,6,9-12,14,16,28H2,1-2H3/t22-,23+,24-,26-,27-/m0/s1/i4D,5D,7D,8D. The van der Waals surface area contributed by atoms with Gasteiger partial charge in [0, 0.05) is 23.4 Å². The second-order valence-electron chi connectivity index (χ2n) is 9.60. The Bertz CT molecular complexity index is 1210. The van der Waals surface area contributed by atoms with Crippen LogP contribution >= 0.6 is 0 Å². The van der Waals surface area contributed by atoms with Gasteiger partial charge in [-0.05, 0) is 92.2 Å². The second-order valence-corrected chi connectivity index (χ2v) is 9.60. The van der Waals surface area contributed by atoms with Crippen LogP contribution in [0.1, 0.15) is 75.8 Å². The zero-order chi connectivity index (χ0) is 24.6. The van der Waals surface area contributed by atoms with E-state index in [0.29, 0.717) is 31.2 Å². The van der Waals surface area contributed by atoms with E-state index in [9.17, 15) is 9.90 Å². The first kappa shape index (κ1) is 15.5. The Morgan fingerprint density at radius 2 is 1.97 bits per heavy atom. The highest BCUT2D eigenvalue weighted by atomic mass is 16.3. The monoisotopic (exact) mass is 405 g/mol. The van der Waals surface area contributed by atoms with Crippen molar-refractivity contribution in [3.63, 3.8) is 0 Å². The summed E-state index contributed by atoms with van der Waals surface area (Å²) >= 11 is 0. The van der Waals surface area contributed by atoms with E-state index in [2.05, 4.69) is 18.8 Å². The highest BCUT2D eigenvalue weighted by Gasteiger charge is 2.62. The second kappa shape index (κ2) is 6.86. The average molecular weight is 406 g/mol. The van der Waals surface area contributed by atoms with Gasteiger partial charge in [-0.2, -0.15) is 0 Å². The minimum absolute atomic E-state index is 0.108. The summed E-state index contributed by atoms with van der Waals surface area (Å²) in [5.74, 6) is 6.12. The SMILES string of the molecule is [2H]c1c([2H])c([C@H]2C[C@@]3(C)[C@@H](CC[C@@]3(O)C#CC)[C@@H]3CCC4=CC(=O)CCC4=C32)c([2H])c([2H])c1N. The Morgan fingerprint density at radius 1 is 1.20 bits per heavy atom. The van der Waals surface area contributed by atoms with Gasteiger partial charge in [-0.15, -0.1) is 5.92 Å². The molecule has 0 aromatic heterocycles. The summed E-state index contributed by atoms with van der Waals surface area (Å²) in [4.78, 5) is 12.2. The van der Waals surface area contributed by atoms with Crippen LogP contribution in [0.4, 0.5) is 5.69 Å². The van der Waals surface area contributed by atoms with Crippen LogP contribution in [0.3, 0.4) is 0 Å². The third-order valence-corrected chi connectivity index (χ3v) is 8.23. The van der Waals surface area contributed by atoms with E-state index in [-0.39, 0.29) is 47.5 Å². The Kier molecular flexibility index (Phi) is 3.54. The number of hydrogen-bond donors (Lipinski definition) is 2. The average Bonchev–Trinajstić information content (AvgIpc) is 3.06. The van der Waals surface area contributed by atoms with Gasteiger partial charge in [-0.25, -0.2) is 0 Å². The van der Waals surface area contributed by atoms with Crippen LogP contribution in [-0.2, 0) is 4.79 Å². The van der Waals surface area contributed by atoms with Crippen molar-refractivity contribution in [3.05, 3.63) is 52.5 Å². The maximum absolute atomic E-state index is 12.2. The molecule has 30 heavy (non-hydrogen) atoms. The Morgan fingerprint density at radius 3 is 2.70 bits per heavy atom. The number of ketones is 1. The molecule has 3 N–H and O–H groups in total. The predicted molar refractivity (Wildman–Crippen MR) is 120 cm³/mol. The summed E-state index contributed by atoms with van der Waals surface area (Å²) in [6.07, 6.45) is 6.43. The molecule has 2 saturated carbocycles. The van der Waals surface area contributed by atoms with Crippen molar-refractivity contribution < 1.29 is 15.4 Å². The maximum atomic E-state index is 12.2. The van der Waals surface area contributed by atoms with Crippen molar-refractivity contribution in [1.82, 2.24) is 0 Å². The molecule has 4 aliphatic carbocycles. The molecule has 0 saturated heterocycles. The van der Waals surface area contributed by atoms with Gasteiger partial charge in [0.1, 0.15) is 5.60 Å². The molecule has 0 aliphatic heterocycles. The van der Waals surface area contributed by atoms with Crippen molar-refractivity contribution in [2.45, 2.75) is 70.3 Å². The van der Waals surface area contributed by atoms with Crippen molar-refractivity contribution >= 4 is 11.5 Å². The van der Waals surface area contributed by atoms with Gasteiger partial charge in [-0.3, -0.25) is 4.79 Å². The molecule has 0 unspecified atom stereocenters. The number of aliphatic hydroxyl groups is 1. The number of fused-ring (bicyclic) bond motifs is 4. The summed E-state index contributed by atoms with van der Waals surface area (Å²) in [5.41, 5.74) is 7.78. The number of anilines is 1. The van der Waals surface area contributed by atoms with Gasteiger partial charge in [0.25, 0.3) is 0 Å². The fourth-order valence-corrected chi connectivity index (χ4v) is 6.84. The van der Waals surface area contributed by atoms with E-state index in [0.717, 1.165) is 36.0 Å².